The molecule has 1 saturated heterocycles. The summed E-state index contributed by atoms with van der Waals surface area (Å²) >= 11 is 0. The molecule has 0 aromatic carbocycles. The lowest BCUT2D eigenvalue weighted by Crippen LogP contribution is -2.34. The van der Waals surface area contributed by atoms with Gasteiger partial charge in [-0.1, -0.05) is 6.08 Å². The first-order valence-corrected chi connectivity index (χ1v) is 3.77. The highest BCUT2D eigenvalue weighted by Crippen LogP contribution is 2.40. The number of carbonyl (C=O) groups is 1. The van der Waals surface area contributed by atoms with Crippen molar-refractivity contribution in [2.45, 2.75) is 18.4 Å². The van der Waals surface area contributed by atoms with E-state index in [9.17, 15) is 4.79 Å². The first-order chi connectivity index (χ1) is 5.27. The van der Waals surface area contributed by atoms with Gasteiger partial charge in [-0.2, -0.15) is 0 Å². The van der Waals surface area contributed by atoms with Crippen LogP contribution in [-0.4, -0.2) is 23.3 Å². The number of rotatable bonds is 1. The first kappa shape index (κ1) is 6.85. The second-order valence-corrected chi connectivity index (χ2v) is 3.13. The Labute approximate surface area is 64.7 Å². The van der Waals surface area contributed by atoms with Gasteiger partial charge in [0.2, 0.25) is 0 Å². The van der Waals surface area contributed by atoms with Gasteiger partial charge < -0.3 is 9.84 Å². The molecule has 60 valence electrons. The minimum Gasteiger partial charge on any atom is -0.452 e. The number of esters is 1. The molecule has 0 radical (unpaired) electrons. The summed E-state index contributed by atoms with van der Waals surface area (Å²) in [7, 11) is 0. The zero-order chi connectivity index (χ0) is 7.90. The molecule has 0 saturated carbocycles. The van der Waals surface area contributed by atoms with Crippen LogP contribution < -0.4 is 0 Å². The number of carbonyl (C=O) groups excluding carboxylic acids is 1. The Hall–Kier alpha value is -0.830. The Bertz CT molecular complexity index is 221. The van der Waals surface area contributed by atoms with Gasteiger partial charge in [-0.3, -0.25) is 4.79 Å². The molecule has 3 nitrogen and oxygen atoms in total. The number of ether oxygens (including phenoxy) is 1. The van der Waals surface area contributed by atoms with E-state index in [-0.39, 0.29) is 18.5 Å². The van der Waals surface area contributed by atoms with Crippen molar-refractivity contribution in [2.75, 3.05) is 6.61 Å². The van der Waals surface area contributed by atoms with Crippen molar-refractivity contribution in [3.63, 3.8) is 0 Å². The smallest absolute Gasteiger partial charge is 0.307 e. The van der Waals surface area contributed by atoms with E-state index >= 15 is 0 Å². The molecular formula is C8H10O3. The van der Waals surface area contributed by atoms with E-state index < -0.39 is 5.60 Å². The number of hydrogen-bond donors (Lipinski definition) is 1. The van der Waals surface area contributed by atoms with Gasteiger partial charge in [-0.05, 0) is 12.5 Å². The number of allylic oxidation sites excluding steroid dienone is 1. The SMILES string of the molecule is O=C1C[C@H]2CC=C[C@@]2(CO)O1. The normalized spacial score (nSPS) is 40.8. The van der Waals surface area contributed by atoms with Gasteiger partial charge in [-0.25, -0.2) is 0 Å². The number of hydrogen-bond acceptors (Lipinski definition) is 3. The minimum absolute atomic E-state index is 0.0834. The first-order valence-electron chi connectivity index (χ1n) is 3.77. The molecule has 0 bridgehead atoms. The molecule has 1 aliphatic heterocycles. The lowest BCUT2D eigenvalue weighted by molar-refractivity contribution is -0.148. The van der Waals surface area contributed by atoms with Crippen molar-refractivity contribution >= 4 is 5.97 Å². The van der Waals surface area contributed by atoms with Crippen LogP contribution in [0.25, 0.3) is 0 Å². The topological polar surface area (TPSA) is 46.5 Å². The molecule has 2 atom stereocenters. The van der Waals surface area contributed by atoms with Crippen LogP contribution in [0.2, 0.25) is 0 Å². The molecule has 0 aromatic heterocycles. The van der Waals surface area contributed by atoms with E-state index in [1.165, 1.54) is 0 Å². The van der Waals surface area contributed by atoms with Crippen LogP contribution in [0.15, 0.2) is 12.2 Å². The molecule has 0 unspecified atom stereocenters. The summed E-state index contributed by atoms with van der Waals surface area (Å²) in [6.45, 7) is -0.0834. The highest BCUT2D eigenvalue weighted by molar-refractivity contribution is 5.74. The van der Waals surface area contributed by atoms with Gasteiger partial charge in [-0.15, -0.1) is 0 Å². The van der Waals surface area contributed by atoms with Gasteiger partial charge in [0.15, 0.2) is 5.60 Å². The standard InChI is InChI=1S/C8H10O3/c9-5-8-3-1-2-6(8)4-7(10)11-8/h1,3,6,9H,2,4-5H2/t6-,8+/m1/s1. The molecule has 0 amide bonds. The second kappa shape index (κ2) is 2.08. The zero-order valence-corrected chi connectivity index (χ0v) is 6.12. The molecule has 2 aliphatic rings. The van der Waals surface area contributed by atoms with E-state index in [4.69, 9.17) is 9.84 Å². The molecule has 1 N–H and O–H groups in total. The monoisotopic (exact) mass is 154 g/mol. The van der Waals surface area contributed by atoms with Crippen LogP contribution in [0.5, 0.6) is 0 Å². The van der Waals surface area contributed by atoms with Gasteiger partial charge in [0.05, 0.1) is 13.0 Å². The number of aliphatic hydroxyl groups excluding tert-OH is 1. The molecule has 1 aliphatic carbocycles. The van der Waals surface area contributed by atoms with Crippen molar-refractivity contribution in [2.24, 2.45) is 5.92 Å². The molecule has 0 spiro atoms. The van der Waals surface area contributed by atoms with E-state index in [0.717, 1.165) is 6.42 Å². The molecular weight excluding hydrogens is 144 g/mol. The van der Waals surface area contributed by atoms with Gasteiger partial charge in [0.1, 0.15) is 0 Å². The molecule has 1 heterocycles. The maximum absolute atomic E-state index is 10.9. The maximum atomic E-state index is 10.9. The second-order valence-electron chi connectivity index (χ2n) is 3.13. The van der Waals surface area contributed by atoms with Crippen molar-refractivity contribution in [3.05, 3.63) is 12.2 Å². The van der Waals surface area contributed by atoms with Crippen LogP contribution in [0, 0.1) is 5.92 Å². The average Bonchev–Trinajstić information content (AvgIpc) is 2.43. The van der Waals surface area contributed by atoms with Crippen LogP contribution in [0.3, 0.4) is 0 Å². The van der Waals surface area contributed by atoms with Crippen molar-refractivity contribution in [3.8, 4) is 0 Å². The molecule has 3 heteroatoms. The van der Waals surface area contributed by atoms with E-state index in [1.54, 1.807) is 0 Å². The number of fused-ring (bicyclic) bond motifs is 1. The van der Waals surface area contributed by atoms with Crippen molar-refractivity contribution in [1.29, 1.82) is 0 Å². The summed E-state index contributed by atoms with van der Waals surface area (Å²) in [4.78, 5) is 10.9. The Kier molecular flexibility index (Phi) is 1.29. The molecule has 2 rings (SSSR count). The average molecular weight is 154 g/mol. The largest absolute Gasteiger partial charge is 0.452 e. The zero-order valence-electron chi connectivity index (χ0n) is 6.12. The molecule has 0 aromatic rings. The Morgan fingerprint density at radius 1 is 1.82 bits per heavy atom. The lowest BCUT2D eigenvalue weighted by atomic mass is 9.91. The van der Waals surface area contributed by atoms with E-state index in [2.05, 4.69) is 0 Å². The summed E-state index contributed by atoms with van der Waals surface area (Å²) in [5.74, 6) is -0.00611. The van der Waals surface area contributed by atoms with Crippen LogP contribution in [-0.2, 0) is 9.53 Å². The fourth-order valence-corrected chi connectivity index (χ4v) is 1.81. The summed E-state index contributed by atoms with van der Waals surface area (Å²) < 4.78 is 5.05. The van der Waals surface area contributed by atoms with Gasteiger partial charge >= 0.3 is 5.97 Å². The predicted molar refractivity (Wildman–Crippen MR) is 37.8 cm³/mol. The summed E-state index contributed by atoms with van der Waals surface area (Å²) in [5.41, 5.74) is -0.656. The summed E-state index contributed by atoms with van der Waals surface area (Å²) in [6.07, 6.45) is 5.08. The Morgan fingerprint density at radius 2 is 2.64 bits per heavy atom. The summed E-state index contributed by atoms with van der Waals surface area (Å²) in [5, 5.41) is 9.02. The van der Waals surface area contributed by atoms with E-state index in [1.807, 2.05) is 12.2 Å². The van der Waals surface area contributed by atoms with Crippen LogP contribution >= 0.6 is 0 Å². The number of aliphatic hydroxyl groups is 1. The minimum atomic E-state index is -0.656. The fourth-order valence-electron chi connectivity index (χ4n) is 1.81. The molecule has 11 heavy (non-hydrogen) atoms. The summed E-state index contributed by atoms with van der Waals surface area (Å²) in [6, 6.07) is 0. The van der Waals surface area contributed by atoms with Crippen molar-refractivity contribution in [1.82, 2.24) is 0 Å². The van der Waals surface area contributed by atoms with Crippen LogP contribution in [0.4, 0.5) is 0 Å². The molecule has 1 fully saturated rings. The predicted octanol–water partition coefficient (Wildman–Crippen LogP) is 0.240. The maximum Gasteiger partial charge on any atom is 0.307 e. The fraction of sp³-hybridized carbons (Fsp3) is 0.625. The Morgan fingerprint density at radius 3 is 3.27 bits per heavy atom. The van der Waals surface area contributed by atoms with Crippen LogP contribution in [0.1, 0.15) is 12.8 Å². The third kappa shape index (κ3) is 0.807. The quantitative estimate of drug-likeness (QED) is 0.434. The van der Waals surface area contributed by atoms with Gasteiger partial charge in [0.25, 0.3) is 0 Å². The third-order valence-corrected chi connectivity index (χ3v) is 2.48. The van der Waals surface area contributed by atoms with Gasteiger partial charge in [0, 0.05) is 5.92 Å². The lowest BCUT2D eigenvalue weighted by Gasteiger charge is -2.22. The Balaban J connectivity index is 2.28. The highest BCUT2D eigenvalue weighted by atomic mass is 16.6. The van der Waals surface area contributed by atoms with Crippen molar-refractivity contribution < 1.29 is 14.6 Å². The highest BCUT2D eigenvalue weighted by Gasteiger charge is 2.48. The van der Waals surface area contributed by atoms with E-state index in [0.29, 0.717) is 6.42 Å². The third-order valence-electron chi connectivity index (χ3n) is 2.48.